The van der Waals surface area contributed by atoms with E-state index in [4.69, 9.17) is 4.74 Å². The van der Waals surface area contributed by atoms with E-state index >= 15 is 0 Å². The summed E-state index contributed by atoms with van der Waals surface area (Å²) >= 11 is 0. The summed E-state index contributed by atoms with van der Waals surface area (Å²) in [6.45, 7) is 5.41. The van der Waals surface area contributed by atoms with Gasteiger partial charge in [0.15, 0.2) is 11.6 Å². The van der Waals surface area contributed by atoms with Gasteiger partial charge in [0.1, 0.15) is 6.33 Å². The smallest absolute Gasteiger partial charge is 0.187 e. The van der Waals surface area contributed by atoms with Gasteiger partial charge < -0.3 is 9.64 Å². The van der Waals surface area contributed by atoms with Crippen molar-refractivity contribution >= 4 is 5.82 Å². The molecule has 0 amide bonds. The molecule has 4 nitrogen and oxygen atoms in total. The summed E-state index contributed by atoms with van der Waals surface area (Å²) in [5.74, 6) is 0.860. The second kappa shape index (κ2) is 6.97. The summed E-state index contributed by atoms with van der Waals surface area (Å²) < 4.78 is 19.7. The normalized spacial score (nSPS) is 22.2. The number of hydrogen-bond acceptors (Lipinski definition) is 4. The van der Waals surface area contributed by atoms with Gasteiger partial charge >= 0.3 is 0 Å². The molecule has 0 bridgehead atoms. The summed E-state index contributed by atoms with van der Waals surface area (Å²) in [7, 11) is 1.67. The van der Waals surface area contributed by atoms with Crippen LogP contribution in [0.25, 0.3) is 0 Å². The second-order valence-corrected chi connectivity index (χ2v) is 5.57. The zero-order valence-electron chi connectivity index (χ0n) is 12.6. The molecule has 0 aromatic carbocycles. The highest BCUT2D eigenvalue weighted by Gasteiger charge is 2.29. The van der Waals surface area contributed by atoms with E-state index in [1.165, 1.54) is 12.7 Å². The van der Waals surface area contributed by atoms with Gasteiger partial charge in [0.25, 0.3) is 0 Å². The van der Waals surface area contributed by atoms with Gasteiger partial charge in [-0.15, -0.1) is 0 Å². The van der Waals surface area contributed by atoms with Crippen LogP contribution in [-0.2, 0) is 11.2 Å². The molecule has 0 radical (unpaired) electrons. The van der Waals surface area contributed by atoms with Crippen LogP contribution < -0.4 is 4.90 Å². The molecule has 1 aromatic rings. The first-order valence-corrected chi connectivity index (χ1v) is 7.42. The quantitative estimate of drug-likeness (QED) is 0.803. The Morgan fingerprint density at radius 2 is 2.20 bits per heavy atom. The number of aryl methyl sites for hydroxylation is 1. The third-order valence-electron chi connectivity index (χ3n) is 4.09. The molecule has 1 heterocycles. The molecular formula is C15H24FN3O. The fourth-order valence-electron chi connectivity index (χ4n) is 2.95. The summed E-state index contributed by atoms with van der Waals surface area (Å²) in [6.07, 6.45) is 5.43. The standard InChI is InChI=1S/C15H24FN3O/c1-4-13-14(16)15(18-10-17-13)19(7-8-20-3)12-6-5-11(2)9-12/h10-12H,4-9H2,1-3H3. The van der Waals surface area contributed by atoms with Gasteiger partial charge in [-0.2, -0.15) is 0 Å². The Morgan fingerprint density at radius 1 is 1.40 bits per heavy atom. The van der Waals surface area contributed by atoms with Crippen LogP contribution in [0.3, 0.4) is 0 Å². The first-order chi connectivity index (χ1) is 9.67. The van der Waals surface area contributed by atoms with E-state index in [0.29, 0.717) is 43.0 Å². The Morgan fingerprint density at radius 3 is 2.80 bits per heavy atom. The van der Waals surface area contributed by atoms with E-state index in [-0.39, 0.29) is 5.82 Å². The number of halogens is 1. The summed E-state index contributed by atoms with van der Waals surface area (Å²) in [5.41, 5.74) is 0.489. The van der Waals surface area contributed by atoms with Gasteiger partial charge in [-0.1, -0.05) is 13.8 Å². The molecule has 1 aromatic heterocycles. The Hall–Kier alpha value is -1.23. The van der Waals surface area contributed by atoms with Gasteiger partial charge in [0.05, 0.1) is 12.3 Å². The molecule has 1 aliphatic carbocycles. The minimum Gasteiger partial charge on any atom is -0.383 e. The highest BCUT2D eigenvalue weighted by Crippen LogP contribution is 2.32. The zero-order chi connectivity index (χ0) is 14.5. The van der Waals surface area contributed by atoms with Crippen molar-refractivity contribution in [2.75, 3.05) is 25.2 Å². The van der Waals surface area contributed by atoms with E-state index in [1.807, 2.05) is 6.92 Å². The van der Waals surface area contributed by atoms with E-state index in [2.05, 4.69) is 21.8 Å². The Labute approximate surface area is 120 Å². The fraction of sp³-hybridized carbons (Fsp3) is 0.733. The highest BCUT2D eigenvalue weighted by atomic mass is 19.1. The first kappa shape index (κ1) is 15.2. The molecule has 112 valence electrons. The third kappa shape index (κ3) is 3.26. The molecule has 0 spiro atoms. The van der Waals surface area contributed by atoms with Crippen molar-refractivity contribution < 1.29 is 9.13 Å². The van der Waals surface area contributed by atoms with Crippen molar-refractivity contribution in [1.29, 1.82) is 0 Å². The van der Waals surface area contributed by atoms with Crippen LogP contribution in [0.15, 0.2) is 6.33 Å². The predicted molar refractivity (Wildman–Crippen MR) is 77.4 cm³/mol. The lowest BCUT2D eigenvalue weighted by Gasteiger charge is -2.30. The molecule has 2 atom stereocenters. The van der Waals surface area contributed by atoms with E-state index in [9.17, 15) is 4.39 Å². The molecule has 5 heteroatoms. The van der Waals surface area contributed by atoms with Gasteiger partial charge in [0.2, 0.25) is 0 Å². The summed E-state index contributed by atoms with van der Waals surface area (Å²) in [5, 5.41) is 0. The maximum Gasteiger partial charge on any atom is 0.187 e. The number of methoxy groups -OCH3 is 1. The molecule has 0 aliphatic heterocycles. The molecular weight excluding hydrogens is 257 g/mol. The molecule has 20 heavy (non-hydrogen) atoms. The Kier molecular flexibility index (Phi) is 5.29. The highest BCUT2D eigenvalue weighted by molar-refractivity contribution is 5.42. The number of ether oxygens (including phenoxy) is 1. The van der Waals surface area contributed by atoms with Crippen LogP contribution in [0, 0.1) is 11.7 Å². The van der Waals surface area contributed by atoms with Crippen molar-refractivity contribution in [3.05, 3.63) is 17.8 Å². The second-order valence-electron chi connectivity index (χ2n) is 5.57. The Bertz CT molecular complexity index is 441. The molecule has 2 rings (SSSR count). The van der Waals surface area contributed by atoms with Crippen molar-refractivity contribution in [2.45, 2.75) is 45.6 Å². The average Bonchev–Trinajstić information content (AvgIpc) is 2.87. The molecule has 0 saturated heterocycles. The summed E-state index contributed by atoms with van der Waals surface area (Å²) in [6, 6.07) is 0.356. The SMILES string of the molecule is CCc1ncnc(N(CCOC)C2CCC(C)C2)c1F. The van der Waals surface area contributed by atoms with E-state index < -0.39 is 0 Å². The van der Waals surface area contributed by atoms with Crippen molar-refractivity contribution in [1.82, 2.24) is 9.97 Å². The van der Waals surface area contributed by atoms with Crippen LogP contribution >= 0.6 is 0 Å². The minimum absolute atomic E-state index is 0.273. The predicted octanol–water partition coefficient (Wildman–Crippen LogP) is 2.82. The lowest BCUT2D eigenvalue weighted by molar-refractivity contribution is 0.202. The van der Waals surface area contributed by atoms with Gasteiger partial charge in [0, 0.05) is 19.7 Å². The number of aromatic nitrogens is 2. The van der Waals surface area contributed by atoms with Crippen molar-refractivity contribution in [2.24, 2.45) is 5.92 Å². The number of rotatable bonds is 6. The monoisotopic (exact) mass is 281 g/mol. The first-order valence-electron chi connectivity index (χ1n) is 7.42. The van der Waals surface area contributed by atoms with Crippen LogP contribution in [0.1, 0.15) is 38.8 Å². The average molecular weight is 281 g/mol. The molecule has 1 aliphatic rings. The lowest BCUT2D eigenvalue weighted by atomic mass is 10.1. The van der Waals surface area contributed by atoms with Crippen LogP contribution in [0.2, 0.25) is 0 Å². The number of anilines is 1. The lowest BCUT2D eigenvalue weighted by Crippen LogP contribution is -2.37. The van der Waals surface area contributed by atoms with Gasteiger partial charge in [-0.3, -0.25) is 0 Å². The molecule has 1 saturated carbocycles. The van der Waals surface area contributed by atoms with E-state index in [1.54, 1.807) is 7.11 Å². The van der Waals surface area contributed by atoms with Crippen LogP contribution in [0.5, 0.6) is 0 Å². The van der Waals surface area contributed by atoms with Gasteiger partial charge in [-0.25, -0.2) is 14.4 Å². The van der Waals surface area contributed by atoms with Crippen molar-refractivity contribution in [3.8, 4) is 0 Å². The maximum absolute atomic E-state index is 14.5. The largest absolute Gasteiger partial charge is 0.383 e. The topological polar surface area (TPSA) is 38.2 Å². The molecule has 1 fully saturated rings. The number of hydrogen-bond donors (Lipinski definition) is 0. The van der Waals surface area contributed by atoms with Crippen molar-refractivity contribution in [3.63, 3.8) is 0 Å². The number of nitrogens with zero attached hydrogens (tertiary/aromatic N) is 3. The molecule has 0 N–H and O–H groups in total. The molecule has 2 unspecified atom stereocenters. The third-order valence-corrected chi connectivity index (χ3v) is 4.09. The van der Waals surface area contributed by atoms with Crippen LogP contribution in [0.4, 0.5) is 10.2 Å². The fourth-order valence-corrected chi connectivity index (χ4v) is 2.95. The van der Waals surface area contributed by atoms with E-state index in [0.717, 1.165) is 12.8 Å². The van der Waals surface area contributed by atoms with Gasteiger partial charge in [-0.05, 0) is 31.6 Å². The van der Waals surface area contributed by atoms with Crippen LogP contribution in [-0.4, -0.2) is 36.3 Å². The maximum atomic E-state index is 14.5. The zero-order valence-corrected chi connectivity index (χ0v) is 12.6. The summed E-state index contributed by atoms with van der Waals surface area (Å²) in [4.78, 5) is 10.3. The Balaban J connectivity index is 2.26. The minimum atomic E-state index is -0.273.